The van der Waals surface area contributed by atoms with E-state index in [1.165, 1.54) is 30.6 Å². The Balaban J connectivity index is 1.25. The second kappa shape index (κ2) is 9.03. The average molecular weight is 398 g/mol. The van der Waals surface area contributed by atoms with Gasteiger partial charge in [0.1, 0.15) is 0 Å². The Bertz CT molecular complexity index is 904. The molecule has 1 aliphatic heterocycles. The molecule has 0 atom stereocenters. The predicted molar refractivity (Wildman–Crippen MR) is 106 cm³/mol. The number of aryl methyl sites for hydroxylation is 1. The van der Waals surface area contributed by atoms with Crippen LogP contribution in [0.5, 0.6) is 0 Å². The first-order valence-corrected chi connectivity index (χ1v) is 10.3. The number of hydrogen-bond acceptors (Lipinski definition) is 8. The van der Waals surface area contributed by atoms with Crippen molar-refractivity contribution in [1.82, 2.24) is 25.0 Å². The lowest BCUT2D eigenvalue weighted by atomic mass is 10.1. The second-order valence-corrected chi connectivity index (χ2v) is 7.63. The molecule has 1 N–H and O–H groups in total. The Kier molecular flexibility index (Phi) is 6.03. The van der Waals surface area contributed by atoms with E-state index in [0.29, 0.717) is 23.3 Å². The molecular formula is C19H22N6O2S. The normalized spacial score (nSPS) is 14.9. The van der Waals surface area contributed by atoms with Gasteiger partial charge >= 0.3 is 0 Å². The summed E-state index contributed by atoms with van der Waals surface area (Å²) >= 11 is 1.46. The maximum absolute atomic E-state index is 12.2. The van der Waals surface area contributed by atoms with Crippen LogP contribution in [0.2, 0.25) is 0 Å². The fourth-order valence-electron chi connectivity index (χ4n) is 3.16. The Morgan fingerprint density at radius 1 is 1.18 bits per heavy atom. The quantitative estimate of drug-likeness (QED) is 0.653. The number of rotatable bonds is 7. The van der Waals surface area contributed by atoms with Gasteiger partial charge in [0, 0.05) is 42.7 Å². The van der Waals surface area contributed by atoms with Crippen LogP contribution in [-0.2, 0) is 17.8 Å². The lowest BCUT2D eigenvalue weighted by Crippen LogP contribution is -2.29. The number of nitrogens with zero attached hydrogens (tertiary/aromatic N) is 5. The fraction of sp³-hybridized carbons (Fsp3) is 0.421. The number of nitrogens with one attached hydrogen (secondary N) is 1. The lowest BCUT2D eigenvalue weighted by Gasteiger charge is -2.25. The van der Waals surface area contributed by atoms with Crippen molar-refractivity contribution in [1.29, 1.82) is 0 Å². The molecule has 0 aromatic carbocycles. The van der Waals surface area contributed by atoms with Crippen LogP contribution in [0.25, 0.3) is 11.4 Å². The van der Waals surface area contributed by atoms with Crippen LogP contribution in [-0.4, -0.2) is 44.0 Å². The van der Waals surface area contributed by atoms with E-state index < -0.39 is 0 Å². The Morgan fingerprint density at radius 3 is 2.82 bits per heavy atom. The molecule has 0 radical (unpaired) electrons. The number of aromatic nitrogens is 4. The van der Waals surface area contributed by atoms with Crippen molar-refractivity contribution in [2.75, 3.05) is 18.4 Å². The SMILES string of the molecule is O=C(CCc1nc(-c2ccncc2)no1)Nc1nc(CN2CCCCC2)cs1. The van der Waals surface area contributed by atoms with Crippen molar-refractivity contribution in [3.05, 3.63) is 41.5 Å². The monoisotopic (exact) mass is 398 g/mol. The maximum Gasteiger partial charge on any atom is 0.227 e. The minimum atomic E-state index is -0.109. The van der Waals surface area contributed by atoms with Gasteiger partial charge in [-0.15, -0.1) is 11.3 Å². The smallest absolute Gasteiger partial charge is 0.227 e. The van der Waals surface area contributed by atoms with Gasteiger partial charge in [0.15, 0.2) is 5.13 Å². The summed E-state index contributed by atoms with van der Waals surface area (Å²) in [7, 11) is 0. The fourth-order valence-corrected chi connectivity index (χ4v) is 3.88. The molecule has 1 amide bonds. The number of likely N-dealkylation sites (tertiary alicyclic amines) is 1. The molecule has 0 saturated carbocycles. The van der Waals surface area contributed by atoms with Crippen LogP contribution in [0.15, 0.2) is 34.4 Å². The Labute approximate surface area is 167 Å². The molecule has 0 bridgehead atoms. The van der Waals surface area contributed by atoms with Gasteiger partial charge in [0.25, 0.3) is 0 Å². The maximum atomic E-state index is 12.2. The van der Waals surface area contributed by atoms with Crippen molar-refractivity contribution >= 4 is 22.4 Å². The molecule has 3 aromatic rings. The van der Waals surface area contributed by atoms with Crippen molar-refractivity contribution < 1.29 is 9.32 Å². The number of carbonyl (C=O) groups is 1. The first-order valence-electron chi connectivity index (χ1n) is 9.46. The van der Waals surface area contributed by atoms with Crippen LogP contribution in [0.4, 0.5) is 5.13 Å². The molecule has 146 valence electrons. The van der Waals surface area contributed by atoms with Crippen molar-refractivity contribution in [2.45, 2.75) is 38.6 Å². The van der Waals surface area contributed by atoms with E-state index >= 15 is 0 Å². The van der Waals surface area contributed by atoms with Crippen LogP contribution in [0.3, 0.4) is 0 Å². The number of anilines is 1. The number of amides is 1. The number of hydrogen-bond donors (Lipinski definition) is 1. The summed E-state index contributed by atoms with van der Waals surface area (Å²) in [5.74, 6) is 0.828. The zero-order chi connectivity index (χ0) is 19.2. The molecular weight excluding hydrogens is 376 g/mol. The van der Waals surface area contributed by atoms with Gasteiger partial charge < -0.3 is 9.84 Å². The van der Waals surface area contributed by atoms with Gasteiger partial charge in [-0.3, -0.25) is 14.7 Å². The van der Waals surface area contributed by atoms with Crippen molar-refractivity contribution in [3.8, 4) is 11.4 Å². The summed E-state index contributed by atoms with van der Waals surface area (Å²) < 4.78 is 5.23. The van der Waals surface area contributed by atoms with E-state index in [0.717, 1.165) is 30.9 Å². The zero-order valence-corrected chi connectivity index (χ0v) is 16.3. The topological polar surface area (TPSA) is 97.0 Å². The summed E-state index contributed by atoms with van der Waals surface area (Å²) in [6, 6.07) is 3.62. The number of thiazole rings is 1. The predicted octanol–water partition coefficient (Wildman–Crippen LogP) is 3.15. The summed E-state index contributed by atoms with van der Waals surface area (Å²) in [6.07, 6.45) is 7.82. The van der Waals surface area contributed by atoms with E-state index in [9.17, 15) is 4.79 Å². The average Bonchev–Trinajstić information content (AvgIpc) is 3.38. The summed E-state index contributed by atoms with van der Waals surface area (Å²) in [6.45, 7) is 3.11. The third kappa shape index (κ3) is 4.99. The Hall–Kier alpha value is -2.65. The highest BCUT2D eigenvalue weighted by Crippen LogP contribution is 2.19. The number of carbonyl (C=O) groups excluding carboxylic acids is 1. The van der Waals surface area contributed by atoms with Gasteiger partial charge in [0.2, 0.25) is 17.6 Å². The van der Waals surface area contributed by atoms with Gasteiger partial charge in [-0.05, 0) is 38.1 Å². The molecule has 4 heterocycles. The van der Waals surface area contributed by atoms with Crippen molar-refractivity contribution in [2.24, 2.45) is 0 Å². The number of piperidine rings is 1. The molecule has 4 rings (SSSR count). The van der Waals surface area contributed by atoms with E-state index in [4.69, 9.17) is 4.52 Å². The second-order valence-electron chi connectivity index (χ2n) is 6.78. The van der Waals surface area contributed by atoms with E-state index in [-0.39, 0.29) is 12.3 Å². The molecule has 28 heavy (non-hydrogen) atoms. The minimum Gasteiger partial charge on any atom is -0.339 e. The van der Waals surface area contributed by atoms with E-state index in [2.05, 4.69) is 30.3 Å². The van der Waals surface area contributed by atoms with E-state index in [1.807, 2.05) is 17.5 Å². The third-order valence-electron chi connectivity index (χ3n) is 4.60. The number of pyridine rings is 1. The van der Waals surface area contributed by atoms with Gasteiger partial charge in [-0.2, -0.15) is 4.98 Å². The summed E-state index contributed by atoms with van der Waals surface area (Å²) in [5, 5.41) is 9.46. The van der Waals surface area contributed by atoms with Gasteiger partial charge in [0.05, 0.1) is 5.69 Å². The van der Waals surface area contributed by atoms with E-state index in [1.54, 1.807) is 12.4 Å². The zero-order valence-electron chi connectivity index (χ0n) is 15.5. The van der Waals surface area contributed by atoms with Crippen LogP contribution >= 0.6 is 11.3 Å². The van der Waals surface area contributed by atoms with Gasteiger partial charge in [-0.1, -0.05) is 11.6 Å². The third-order valence-corrected chi connectivity index (χ3v) is 5.41. The molecule has 3 aromatic heterocycles. The molecule has 1 saturated heterocycles. The summed E-state index contributed by atoms with van der Waals surface area (Å²) in [4.78, 5) is 27.4. The van der Waals surface area contributed by atoms with Gasteiger partial charge in [-0.25, -0.2) is 4.98 Å². The molecule has 8 nitrogen and oxygen atoms in total. The molecule has 0 aliphatic carbocycles. The largest absolute Gasteiger partial charge is 0.339 e. The van der Waals surface area contributed by atoms with Crippen LogP contribution < -0.4 is 5.32 Å². The standard InChI is InChI=1S/C19H22N6O2S/c26-16(4-5-17-23-18(24-27-17)14-6-8-20-9-7-14)22-19-21-15(13-28-19)12-25-10-2-1-3-11-25/h6-9,13H,1-5,10-12H2,(H,21,22,26). The molecule has 0 unspecified atom stereocenters. The first-order chi connectivity index (χ1) is 13.8. The molecule has 1 fully saturated rings. The lowest BCUT2D eigenvalue weighted by molar-refractivity contribution is -0.116. The summed E-state index contributed by atoms with van der Waals surface area (Å²) in [5.41, 5.74) is 1.85. The molecule has 0 spiro atoms. The molecule has 9 heteroatoms. The van der Waals surface area contributed by atoms with Crippen molar-refractivity contribution in [3.63, 3.8) is 0 Å². The molecule has 1 aliphatic rings. The Morgan fingerprint density at radius 2 is 2.00 bits per heavy atom. The highest BCUT2D eigenvalue weighted by atomic mass is 32.1. The van der Waals surface area contributed by atoms with Crippen LogP contribution in [0, 0.1) is 0 Å². The highest BCUT2D eigenvalue weighted by molar-refractivity contribution is 7.13. The first kappa shape index (κ1) is 18.7. The minimum absolute atomic E-state index is 0.109. The highest BCUT2D eigenvalue weighted by Gasteiger charge is 2.14. The van der Waals surface area contributed by atoms with Crippen LogP contribution in [0.1, 0.15) is 37.3 Å².